The summed E-state index contributed by atoms with van der Waals surface area (Å²) < 4.78 is 6.15. The van der Waals surface area contributed by atoms with E-state index in [-0.39, 0.29) is 12.0 Å². The van der Waals surface area contributed by atoms with Crippen molar-refractivity contribution in [3.63, 3.8) is 0 Å². The van der Waals surface area contributed by atoms with E-state index in [9.17, 15) is 4.79 Å². The molecule has 1 aromatic rings. The number of carbonyl (C=O) groups is 1. The topological polar surface area (TPSA) is 32.8 Å². The summed E-state index contributed by atoms with van der Waals surface area (Å²) in [5.41, 5.74) is 1.28. The van der Waals surface area contributed by atoms with Crippen LogP contribution in [0.3, 0.4) is 0 Å². The van der Waals surface area contributed by atoms with Crippen LogP contribution in [-0.4, -0.2) is 43.1 Å². The number of ether oxygens (including phenoxy) is 1. The summed E-state index contributed by atoms with van der Waals surface area (Å²) >= 11 is 0. The van der Waals surface area contributed by atoms with E-state index in [1.165, 1.54) is 24.9 Å². The Morgan fingerprint density at radius 3 is 2.50 bits per heavy atom. The van der Waals surface area contributed by atoms with Crippen LogP contribution in [0.4, 0.5) is 5.69 Å². The highest BCUT2D eigenvalue weighted by molar-refractivity contribution is 5.73. The van der Waals surface area contributed by atoms with Crippen LogP contribution in [0.2, 0.25) is 0 Å². The minimum atomic E-state index is 0.172. The lowest BCUT2D eigenvalue weighted by Crippen LogP contribution is -2.40. The summed E-state index contributed by atoms with van der Waals surface area (Å²) in [6.07, 6.45) is 6.00. The molecule has 3 rings (SSSR count). The van der Waals surface area contributed by atoms with E-state index >= 15 is 0 Å². The monoisotopic (exact) mass is 302 g/mol. The van der Waals surface area contributed by atoms with Gasteiger partial charge >= 0.3 is 0 Å². The number of likely N-dealkylation sites (tertiary alicyclic amines) is 1. The zero-order chi connectivity index (χ0) is 15.4. The third-order valence-corrected chi connectivity index (χ3v) is 4.73. The van der Waals surface area contributed by atoms with E-state index in [1.807, 2.05) is 11.0 Å². The molecule has 2 aliphatic rings. The van der Waals surface area contributed by atoms with E-state index in [0.29, 0.717) is 0 Å². The minimum absolute atomic E-state index is 0.172. The average molecular weight is 302 g/mol. The molecule has 22 heavy (non-hydrogen) atoms. The Bertz CT molecular complexity index is 504. The number of amides is 1. The lowest BCUT2D eigenvalue weighted by atomic mass is 10.1. The number of piperidine rings is 2. The Hall–Kier alpha value is -1.71. The summed E-state index contributed by atoms with van der Waals surface area (Å²) in [5, 5.41) is 0. The third kappa shape index (κ3) is 3.73. The molecule has 0 aliphatic carbocycles. The van der Waals surface area contributed by atoms with Crippen LogP contribution in [0.1, 0.15) is 39.0 Å². The number of hydrogen-bond donors (Lipinski definition) is 0. The van der Waals surface area contributed by atoms with Gasteiger partial charge in [-0.3, -0.25) is 4.79 Å². The average Bonchev–Trinajstić information content (AvgIpc) is 2.56. The molecule has 4 heteroatoms. The quantitative estimate of drug-likeness (QED) is 0.860. The van der Waals surface area contributed by atoms with Crippen molar-refractivity contribution in [1.82, 2.24) is 4.90 Å². The van der Waals surface area contributed by atoms with Gasteiger partial charge in [-0.05, 0) is 31.4 Å². The molecule has 2 heterocycles. The van der Waals surface area contributed by atoms with E-state index in [0.717, 1.165) is 44.8 Å². The Labute approximate surface area is 133 Å². The second-order valence-corrected chi connectivity index (χ2v) is 6.37. The number of anilines is 1. The summed E-state index contributed by atoms with van der Waals surface area (Å²) in [5.74, 6) is 1.13. The number of nitrogens with zero attached hydrogens (tertiary/aromatic N) is 2. The summed E-state index contributed by atoms with van der Waals surface area (Å²) in [7, 11) is 0. The molecule has 2 aliphatic heterocycles. The molecular weight excluding hydrogens is 276 g/mol. The van der Waals surface area contributed by atoms with Crippen LogP contribution in [-0.2, 0) is 4.79 Å². The Kier molecular flexibility index (Phi) is 4.86. The lowest BCUT2D eigenvalue weighted by Gasteiger charge is -2.32. The predicted molar refractivity (Wildman–Crippen MR) is 88.4 cm³/mol. The van der Waals surface area contributed by atoms with Crippen LogP contribution in [0.5, 0.6) is 5.75 Å². The van der Waals surface area contributed by atoms with Crippen LogP contribution in [0, 0.1) is 0 Å². The molecule has 0 N–H and O–H groups in total. The van der Waals surface area contributed by atoms with Crippen molar-refractivity contribution in [3.8, 4) is 5.75 Å². The molecule has 2 fully saturated rings. The second kappa shape index (κ2) is 7.03. The maximum Gasteiger partial charge on any atom is 0.219 e. The predicted octanol–water partition coefficient (Wildman–Crippen LogP) is 3.07. The highest BCUT2D eigenvalue weighted by Crippen LogP contribution is 2.26. The molecule has 2 saturated heterocycles. The molecule has 0 unspecified atom stereocenters. The van der Waals surface area contributed by atoms with Crippen molar-refractivity contribution >= 4 is 11.6 Å². The second-order valence-electron chi connectivity index (χ2n) is 6.37. The first-order chi connectivity index (χ1) is 10.7. The van der Waals surface area contributed by atoms with Crippen molar-refractivity contribution in [3.05, 3.63) is 24.3 Å². The number of carbonyl (C=O) groups excluding carboxylic acids is 1. The van der Waals surface area contributed by atoms with Crippen molar-refractivity contribution in [2.24, 2.45) is 0 Å². The van der Waals surface area contributed by atoms with Crippen molar-refractivity contribution in [1.29, 1.82) is 0 Å². The maximum atomic E-state index is 11.4. The first-order valence-electron chi connectivity index (χ1n) is 8.49. The Morgan fingerprint density at radius 2 is 1.82 bits per heavy atom. The van der Waals surface area contributed by atoms with Crippen molar-refractivity contribution in [2.45, 2.75) is 45.1 Å². The number of benzene rings is 1. The van der Waals surface area contributed by atoms with Gasteiger partial charge in [0.05, 0.1) is 0 Å². The van der Waals surface area contributed by atoms with Crippen LogP contribution < -0.4 is 9.64 Å². The van der Waals surface area contributed by atoms with Crippen LogP contribution in [0.25, 0.3) is 0 Å². The molecule has 120 valence electrons. The van der Waals surface area contributed by atoms with Gasteiger partial charge in [-0.1, -0.05) is 6.07 Å². The fraction of sp³-hybridized carbons (Fsp3) is 0.611. The Balaban J connectivity index is 1.58. The first kappa shape index (κ1) is 15.2. The fourth-order valence-electron chi connectivity index (χ4n) is 3.39. The van der Waals surface area contributed by atoms with Gasteiger partial charge in [-0.2, -0.15) is 0 Å². The van der Waals surface area contributed by atoms with Gasteiger partial charge in [0.15, 0.2) is 0 Å². The number of rotatable bonds is 3. The standard InChI is InChI=1S/C18H26N2O2/c1-15(21)19-12-8-17(9-13-19)22-18-7-5-6-16(14-18)20-10-3-2-4-11-20/h5-7,14,17H,2-4,8-13H2,1H3. The van der Waals surface area contributed by atoms with Gasteiger partial charge in [0.2, 0.25) is 5.91 Å². The lowest BCUT2D eigenvalue weighted by molar-refractivity contribution is -0.130. The highest BCUT2D eigenvalue weighted by Gasteiger charge is 2.22. The molecule has 4 nitrogen and oxygen atoms in total. The summed E-state index contributed by atoms with van der Waals surface area (Å²) in [6, 6.07) is 8.48. The SMILES string of the molecule is CC(=O)N1CCC(Oc2cccc(N3CCCCC3)c2)CC1. The zero-order valence-electron chi connectivity index (χ0n) is 13.5. The van der Waals surface area contributed by atoms with Crippen molar-refractivity contribution < 1.29 is 9.53 Å². The molecule has 0 aromatic heterocycles. The molecular formula is C18H26N2O2. The van der Waals surface area contributed by atoms with E-state index in [2.05, 4.69) is 23.1 Å². The van der Waals surface area contributed by atoms with E-state index in [4.69, 9.17) is 4.74 Å². The van der Waals surface area contributed by atoms with E-state index < -0.39 is 0 Å². The van der Waals surface area contributed by atoms with Gasteiger partial charge in [-0.25, -0.2) is 0 Å². The van der Waals surface area contributed by atoms with Gasteiger partial charge < -0.3 is 14.5 Å². The molecule has 1 aromatic carbocycles. The van der Waals surface area contributed by atoms with Crippen molar-refractivity contribution in [2.75, 3.05) is 31.1 Å². The third-order valence-electron chi connectivity index (χ3n) is 4.73. The fourth-order valence-corrected chi connectivity index (χ4v) is 3.39. The Morgan fingerprint density at radius 1 is 1.09 bits per heavy atom. The normalized spacial score (nSPS) is 20.0. The van der Waals surface area contributed by atoms with Gasteiger partial charge in [0.1, 0.15) is 11.9 Å². The largest absolute Gasteiger partial charge is 0.490 e. The maximum absolute atomic E-state index is 11.4. The van der Waals surface area contributed by atoms with Crippen LogP contribution in [0.15, 0.2) is 24.3 Å². The molecule has 0 spiro atoms. The van der Waals surface area contributed by atoms with Gasteiger partial charge in [-0.15, -0.1) is 0 Å². The molecule has 0 bridgehead atoms. The number of hydrogen-bond acceptors (Lipinski definition) is 3. The highest BCUT2D eigenvalue weighted by atomic mass is 16.5. The van der Waals surface area contributed by atoms with Crippen LogP contribution >= 0.6 is 0 Å². The summed E-state index contributed by atoms with van der Waals surface area (Å²) in [6.45, 7) is 5.57. The smallest absolute Gasteiger partial charge is 0.219 e. The molecule has 0 atom stereocenters. The summed E-state index contributed by atoms with van der Waals surface area (Å²) in [4.78, 5) is 15.7. The van der Waals surface area contributed by atoms with Gasteiger partial charge in [0, 0.05) is 57.7 Å². The van der Waals surface area contributed by atoms with E-state index in [1.54, 1.807) is 6.92 Å². The zero-order valence-corrected chi connectivity index (χ0v) is 13.5. The minimum Gasteiger partial charge on any atom is -0.490 e. The van der Waals surface area contributed by atoms with Gasteiger partial charge in [0.25, 0.3) is 0 Å². The molecule has 0 radical (unpaired) electrons. The first-order valence-corrected chi connectivity index (χ1v) is 8.49. The molecule has 0 saturated carbocycles. The molecule has 1 amide bonds.